The fourth-order valence-electron chi connectivity index (χ4n) is 2.85. The van der Waals surface area contributed by atoms with E-state index in [0.29, 0.717) is 13.0 Å². The van der Waals surface area contributed by atoms with E-state index in [1.807, 2.05) is 0 Å². The number of nitrogens with two attached hydrogens (primary N) is 1. The van der Waals surface area contributed by atoms with Gasteiger partial charge in [0, 0.05) is 12.6 Å². The van der Waals surface area contributed by atoms with Crippen LogP contribution in [0.4, 0.5) is 23.2 Å². The zero-order valence-electron chi connectivity index (χ0n) is 17.6. The van der Waals surface area contributed by atoms with Gasteiger partial charge in [-0.1, -0.05) is 11.6 Å². The van der Waals surface area contributed by atoms with Gasteiger partial charge in [0.1, 0.15) is 17.1 Å². The quantitative estimate of drug-likeness (QED) is 0.472. The minimum absolute atomic E-state index is 0.0149. The van der Waals surface area contributed by atoms with Crippen molar-refractivity contribution < 1.29 is 27.1 Å². The standard InChI is InChI=1S/C21H18ClF4N5O3/c1-11-7-12(23)3-4-16(11)34-20-14(9-15(22)18(30-20)21(24,25)26)19(33)29-13-8-17(32)31(28-10-13)6-2-5-27/h3-4,7-10H,2,5-6,27H2,1H3,(H,29,33). The van der Waals surface area contributed by atoms with Gasteiger partial charge in [-0.05, 0) is 49.7 Å². The lowest BCUT2D eigenvalue weighted by molar-refractivity contribution is -0.141. The number of aryl methyl sites for hydroxylation is 2. The number of amides is 1. The van der Waals surface area contributed by atoms with E-state index in [9.17, 15) is 27.2 Å². The van der Waals surface area contributed by atoms with Crippen LogP contribution in [0.5, 0.6) is 11.6 Å². The summed E-state index contributed by atoms with van der Waals surface area (Å²) in [5.74, 6) is -2.29. The van der Waals surface area contributed by atoms with E-state index in [1.54, 1.807) is 0 Å². The van der Waals surface area contributed by atoms with Crippen LogP contribution in [0.25, 0.3) is 0 Å². The summed E-state index contributed by atoms with van der Waals surface area (Å²) in [6.45, 7) is 2.09. The van der Waals surface area contributed by atoms with Gasteiger partial charge in [0.25, 0.3) is 11.5 Å². The number of carbonyl (C=O) groups excluding carboxylic acids is 1. The molecule has 0 aliphatic rings. The van der Waals surface area contributed by atoms with Crippen molar-refractivity contribution >= 4 is 23.2 Å². The second kappa shape index (κ2) is 10.2. The summed E-state index contributed by atoms with van der Waals surface area (Å²) < 4.78 is 60.0. The Morgan fingerprint density at radius 3 is 2.62 bits per heavy atom. The van der Waals surface area contributed by atoms with E-state index in [2.05, 4.69) is 15.4 Å². The number of aromatic nitrogens is 3. The number of hydrogen-bond donors (Lipinski definition) is 2. The van der Waals surface area contributed by atoms with E-state index in [1.165, 1.54) is 19.2 Å². The Balaban J connectivity index is 1.98. The van der Waals surface area contributed by atoms with Crippen molar-refractivity contribution in [1.82, 2.24) is 14.8 Å². The molecule has 0 spiro atoms. The molecule has 0 bridgehead atoms. The number of carbonyl (C=O) groups is 1. The van der Waals surface area contributed by atoms with Crippen molar-refractivity contribution in [3.8, 4) is 11.6 Å². The molecule has 180 valence electrons. The lowest BCUT2D eigenvalue weighted by Gasteiger charge is -2.16. The largest absolute Gasteiger partial charge is 0.438 e. The number of nitrogens with zero attached hydrogens (tertiary/aromatic N) is 3. The molecule has 0 unspecified atom stereocenters. The van der Waals surface area contributed by atoms with Gasteiger partial charge in [0.2, 0.25) is 5.88 Å². The van der Waals surface area contributed by atoms with E-state index in [0.717, 1.165) is 28.9 Å². The third-order valence-corrected chi connectivity index (χ3v) is 4.79. The highest BCUT2D eigenvalue weighted by atomic mass is 35.5. The van der Waals surface area contributed by atoms with Crippen molar-refractivity contribution in [2.24, 2.45) is 5.73 Å². The van der Waals surface area contributed by atoms with E-state index in [-0.39, 0.29) is 23.5 Å². The molecular formula is C21H18ClF4N5O3. The lowest BCUT2D eigenvalue weighted by Crippen LogP contribution is -2.25. The Hall–Kier alpha value is -3.51. The predicted molar refractivity (Wildman–Crippen MR) is 116 cm³/mol. The number of nitrogens with one attached hydrogen (secondary N) is 1. The summed E-state index contributed by atoms with van der Waals surface area (Å²) in [7, 11) is 0. The maximum atomic E-state index is 13.4. The minimum atomic E-state index is -4.93. The lowest BCUT2D eigenvalue weighted by atomic mass is 10.2. The highest BCUT2D eigenvalue weighted by Gasteiger charge is 2.37. The molecule has 13 heteroatoms. The van der Waals surface area contributed by atoms with Crippen LogP contribution < -0.4 is 21.3 Å². The van der Waals surface area contributed by atoms with Gasteiger partial charge in [-0.2, -0.15) is 18.3 Å². The van der Waals surface area contributed by atoms with Crippen LogP contribution in [0.3, 0.4) is 0 Å². The second-order valence-corrected chi connectivity index (χ2v) is 7.49. The van der Waals surface area contributed by atoms with Crippen molar-refractivity contribution in [3.63, 3.8) is 0 Å². The molecular weight excluding hydrogens is 482 g/mol. The van der Waals surface area contributed by atoms with Crippen molar-refractivity contribution in [2.75, 3.05) is 11.9 Å². The van der Waals surface area contributed by atoms with Crippen molar-refractivity contribution in [1.29, 1.82) is 0 Å². The summed E-state index contributed by atoms with van der Waals surface area (Å²) in [5, 5.41) is 5.43. The molecule has 3 N–H and O–H groups in total. The Kier molecular flexibility index (Phi) is 7.52. The molecule has 1 amide bonds. The SMILES string of the molecule is Cc1cc(F)ccc1Oc1nc(C(F)(F)F)c(Cl)cc1C(=O)Nc1cnn(CCCN)c(=O)c1. The molecule has 2 heterocycles. The van der Waals surface area contributed by atoms with Crippen LogP contribution >= 0.6 is 11.6 Å². The van der Waals surface area contributed by atoms with Crippen LogP contribution in [0.2, 0.25) is 5.02 Å². The first kappa shape index (κ1) is 25.1. The van der Waals surface area contributed by atoms with Gasteiger partial charge in [-0.3, -0.25) is 9.59 Å². The smallest absolute Gasteiger partial charge is 0.434 e. The molecule has 0 aliphatic carbocycles. The molecule has 1 aromatic carbocycles. The van der Waals surface area contributed by atoms with Gasteiger partial charge in [0.05, 0.1) is 16.9 Å². The van der Waals surface area contributed by atoms with Crippen molar-refractivity contribution in [2.45, 2.75) is 26.1 Å². The average molecular weight is 500 g/mol. The van der Waals surface area contributed by atoms with E-state index < -0.39 is 45.6 Å². The number of benzene rings is 1. The van der Waals surface area contributed by atoms with Crippen LogP contribution in [0.15, 0.2) is 41.3 Å². The van der Waals surface area contributed by atoms with Crippen LogP contribution in [0.1, 0.15) is 28.0 Å². The van der Waals surface area contributed by atoms with Crippen LogP contribution in [-0.2, 0) is 12.7 Å². The number of pyridine rings is 1. The first-order valence-electron chi connectivity index (χ1n) is 9.80. The van der Waals surface area contributed by atoms with Gasteiger partial charge in [-0.25, -0.2) is 14.1 Å². The van der Waals surface area contributed by atoms with Crippen LogP contribution in [0, 0.1) is 12.7 Å². The number of halogens is 5. The molecule has 0 aliphatic heterocycles. The summed E-state index contributed by atoms with van der Waals surface area (Å²) in [6, 6.07) is 5.15. The first-order chi connectivity index (χ1) is 16.0. The molecule has 8 nitrogen and oxygen atoms in total. The highest BCUT2D eigenvalue weighted by molar-refractivity contribution is 6.31. The topological polar surface area (TPSA) is 112 Å². The Labute approximate surface area is 195 Å². The minimum Gasteiger partial charge on any atom is -0.438 e. The molecule has 0 saturated heterocycles. The number of rotatable bonds is 7. The van der Waals surface area contributed by atoms with Gasteiger partial charge in [0.15, 0.2) is 5.69 Å². The molecule has 0 atom stereocenters. The molecule has 0 radical (unpaired) electrons. The third-order valence-electron chi connectivity index (χ3n) is 4.50. The predicted octanol–water partition coefficient (Wildman–Crippen LogP) is 4.15. The fourth-order valence-corrected chi connectivity index (χ4v) is 3.11. The Morgan fingerprint density at radius 1 is 1.26 bits per heavy atom. The zero-order valence-corrected chi connectivity index (χ0v) is 18.4. The number of hydrogen-bond acceptors (Lipinski definition) is 6. The molecule has 3 rings (SSSR count). The molecule has 0 fully saturated rings. The number of anilines is 1. The summed E-state index contributed by atoms with van der Waals surface area (Å²) in [4.78, 5) is 28.4. The summed E-state index contributed by atoms with van der Waals surface area (Å²) in [6.07, 6.45) is -3.22. The first-order valence-corrected chi connectivity index (χ1v) is 10.2. The normalized spacial score (nSPS) is 11.4. The summed E-state index contributed by atoms with van der Waals surface area (Å²) >= 11 is 5.74. The van der Waals surface area contributed by atoms with Gasteiger partial charge >= 0.3 is 6.18 Å². The Morgan fingerprint density at radius 2 is 2.00 bits per heavy atom. The maximum Gasteiger partial charge on any atom is 0.434 e. The Bertz CT molecular complexity index is 1280. The highest BCUT2D eigenvalue weighted by Crippen LogP contribution is 2.37. The average Bonchev–Trinajstić information content (AvgIpc) is 2.75. The number of ether oxygens (including phenoxy) is 1. The van der Waals surface area contributed by atoms with Crippen LogP contribution in [-0.4, -0.2) is 27.2 Å². The fraction of sp³-hybridized carbons (Fsp3) is 0.238. The molecule has 34 heavy (non-hydrogen) atoms. The zero-order chi connectivity index (χ0) is 25.0. The van der Waals surface area contributed by atoms with Gasteiger partial charge in [-0.15, -0.1) is 0 Å². The second-order valence-electron chi connectivity index (χ2n) is 7.08. The molecule has 0 saturated carbocycles. The van der Waals surface area contributed by atoms with E-state index >= 15 is 0 Å². The van der Waals surface area contributed by atoms with Gasteiger partial charge < -0.3 is 15.8 Å². The summed E-state index contributed by atoms with van der Waals surface area (Å²) in [5.41, 5.74) is 3.20. The van der Waals surface area contributed by atoms with E-state index in [4.69, 9.17) is 22.1 Å². The van der Waals surface area contributed by atoms with Crippen molar-refractivity contribution in [3.05, 3.63) is 74.5 Å². The monoisotopic (exact) mass is 499 g/mol. The maximum absolute atomic E-state index is 13.4. The molecule has 3 aromatic rings. The number of alkyl halides is 3. The third kappa shape index (κ3) is 5.88. The molecule has 2 aromatic heterocycles.